The Morgan fingerprint density at radius 3 is 2.24 bits per heavy atom. The molecule has 0 saturated carbocycles. The molecule has 0 radical (unpaired) electrons. The SMILES string of the molecule is CC/C=C\C=C1\C=Cc2c(c3ccc4c5c6ccccc6ccc5n(-c5ccccc5)c4c3n2-c2ccc3nc(-c4ccccc4)ccc3n2)C1. The molecule has 0 bridgehead atoms. The van der Waals surface area contributed by atoms with E-state index in [-0.39, 0.29) is 0 Å². The summed E-state index contributed by atoms with van der Waals surface area (Å²) in [5.41, 5.74) is 12.3. The molecule has 1 aliphatic carbocycles. The molecule has 0 spiro atoms. The van der Waals surface area contributed by atoms with E-state index < -0.39 is 0 Å². The second-order valence-corrected chi connectivity index (χ2v) is 13.3. The number of aromatic nitrogens is 4. The molecule has 0 aliphatic heterocycles. The lowest BCUT2D eigenvalue weighted by Crippen LogP contribution is -2.05. The molecule has 0 saturated heterocycles. The Balaban J connectivity index is 1.31. The van der Waals surface area contributed by atoms with Crippen LogP contribution in [0.5, 0.6) is 0 Å². The Morgan fingerprint density at radius 1 is 0.627 bits per heavy atom. The molecule has 10 rings (SSSR count). The molecular weight excluding hydrogens is 621 g/mol. The third-order valence-corrected chi connectivity index (χ3v) is 10.2. The largest absolute Gasteiger partial charge is 0.307 e. The van der Waals surface area contributed by atoms with E-state index in [4.69, 9.17) is 9.97 Å². The van der Waals surface area contributed by atoms with E-state index in [0.717, 1.165) is 52.2 Å². The van der Waals surface area contributed by atoms with Crippen LogP contribution in [0, 0.1) is 0 Å². The van der Waals surface area contributed by atoms with Crippen LogP contribution >= 0.6 is 0 Å². The van der Waals surface area contributed by atoms with Crippen molar-refractivity contribution < 1.29 is 0 Å². The summed E-state index contributed by atoms with van der Waals surface area (Å²) < 4.78 is 4.85. The topological polar surface area (TPSA) is 35.6 Å². The van der Waals surface area contributed by atoms with Gasteiger partial charge >= 0.3 is 0 Å². The number of fused-ring (bicyclic) bond motifs is 10. The monoisotopic (exact) mass is 654 g/mol. The van der Waals surface area contributed by atoms with Gasteiger partial charge in [0.05, 0.1) is 39.0 Å². The molecule has 5 aromatic carbocycles. The summed E-state index contributed by atoms with van der Waals surface area (Å²) in [6, 6.07) is 47.5. The zero-order chi connectivity index (χ0) is 33.9. The minimum absolute atomic E-state index is 0.846. The fraction of sp³-hybridized carbons (Fsp3) is 0.0638. The zero-order valence-corrected chi connectivity index (χ0v) is 28.3. The van der Waals surface area contributed by atoms with Crippen LogP contribution in [-0.4, -0.2) is 19.1 Å². The van der Waals surface area contributed by atoms with Gasteiger partial charge in [-0.2, -0.15) is 0 Å². The van der Waals surface area contributed by atoms with Crippen molar-refractivity contribution in [1.29, 1.82) is 0 Å². The summed E-state index contributed by atoms with van der Waals surface area (Å²) in [6.45, 7) is 2.17. The lowest BCUT2D eigenvalue weighted by atomic mass is 9.95. The quantitative estimate of drug-likeness (QED) is 0.185. The van der Waals surface area contributed by atoms with E-state index in [1.807, 2.05) is 6.07 Å². The van der Waals surface area contributed by atoms with Crippen molar-refractivity contribution in [2.45, 2.75) is 19.8 Å². The van der Waals surface area contributed by atoms with Gasteiger partial charge in [-0.1, -0.05) is 122 Å². The van der Waals surface area contributed by atoms with Crippen molar-refractivity contribution in [3.8, 4) is 22.8 Å². The number of para-hydroxylation sites is 1. The van der Waals surface area contributed by atoms with Gasteiger partial charge in [-0.25, -0.2) is 9.97 Å². The molecule has 51 heavy (non-hydrogen) atoms. The van der Waals surface area contributed by atoms with Crippen LogP contribution in [0.15, 0.2) is 163 Å². The van der Waals surface area contributed by atoms with Crippen LogP contribution in [0.1, 0.15) is 24.6 Å². The number of allylic oxidation sites excluding steroid dienone is 5. The third kappa shape index (κ3) is 4.68. The van der Waals surface area contributed by atoms with Gasteiger partial charge in [0.25, 0.3) is 0 Å². The lowest BCUT2D eigenvalue weighted by molar-refractivity contribution is 1.02. The lowest BCUT2D eigenvalue weighted by Gasteiger charge is -2.14. The van der Waals surface area contributed by atoms with E-state index in [2.05, 4.69) is 174 Å². The van der Waals surface area contributed by atoms with Crippen molar-refractivity contribution in [2.24, 2.45) is 0 Å². The van der Waals surface area contributed by atoms with E-state index >= 15 is 0 Å². The van der Waals surface area contributed by atoms with Gasteiger partial charge in [0, 0.05) is 33.8 Å². The fourth-order valence-electron chi connectivity index (χ4n) is 7.95. The minimum atomic E-state index is 0.846. The van der Waals surface area contributed by atoms with E-state index in [1.165, 1.54) is 54.8 Å². The Labute approximate surface area is 295 Å². The normalized spacial score (nSPS) is 13.9. The van der Waals surface area contributed by atoms with Crippen LogP contribution in [0.2, 0.25) is 0 Å². The summed E-state index contributed by atoms with van der Waals surface area (Å²) >= 11 is 0. The van der Waals surface area contributed by atoms with Crippen LogP contribution in [0.25, 0.3) is 83.4 Å². The van der Waals surface area contributed by atoms with Gasteiger partial charge in [-0.05, 0) is 76.9 Å². The van der Waals surface area contributed by atoms with Crippen LogP contribution in [-0.2, 0) is 6.42 Å². The maximum atomic E-state index is 5.34. The highest BCUT2D eigenvalue weighted by molar-refractivity contribution is 6.26. The molecule has 4 aromatic heterocycles. The molecule has 1 aliphatic rings. The molecule has 4 heterocycles. The molecule has 4 heteroatoms. The fourth-order valence-corrected chi connectivity index (χ4v) is 7.95. The Bertz CT molecular complexity index is 2900. The highest BCUT2D eigenvalue weighted by atomic mass is 15.1. The average molecular weight is 655 g/mol. The number of hydrogen-bond donors (Lipinski definition) is 0. The number of rotatable bonds is 5. The Kier molecular flexibility index (Phi) is 6.81. The number of pyridine rings is 2. The van der Waals surface area contributed by atoms with E-state index in [1.54, 1.807) is 0 Å². The highest BCUT2D eigenvalue weighted by Crippen LogP contribution is 2.44. The second kappa shape index (κ2) is 11.8. The molecule has 0 unspecified atom stereocenters. The summed E-state index contributed by atoms with van der Waals surface area (Å²) in [5, 5.41) is 6.24. The van der Waals surface area contributed by atoms with Crippen LogP contribution in [0.3, 0.4) is 0 Å². The zero-order valence-electron chi connectivity index (χ0n) is 28.3. The van der Waals surface area contributed by atoms with Crippen molar-refractivity contribution in [2.75, 3.05) is 0 Å². The summed E-state index contributed by atoms with van der Waals surface area (Å²) in [6.07, 6.45) is 13.1. The summed E-state index contributed by atoms with van der Waals surface area (Å²) in [4.78, 5) is 10.4. The van der Waals surface area contributed by atoms with Crippen molar-refractivity contribution in [3.63, 3.8) is 0 Å². The molecule has 0 amide bonds. The third-order valence-electron chi connectivity index (χ3n) is 10.2. The minimum Gasteiger partial charge on any atom is -0.307 e. The van der Waals surface area contributed by atoms with Gasteiger partial charge in [0.1, 0.15) is 5.82 Å². The number of hydrogen-bond acceptors (Lipinski definition) is 2. The first-order chi connectivity index (χ1) is 25.3. The van der Waals surface area contributed by atoms with Crippen molar-refractivity contribution >= 4 is 60.6 Å². The Morgan fingerprint density at radius 2 is 1.37 bits per heavy atom. The van der Waals surface area contributed by atoms with Crippen LogP contribution in [0.4, 0.5) is 0 Å². The first-order valence-corrected chi connectivity index (χ1v) is 17.7. The Hall–Kier alpha value is -6.52. The van der Waals surface area contributed by atoms with Gasteiger partial charge in [0.2, 0.25) is 0 Å². The molecule has 0 atom stereocenters. The smallest absolute Gasteiger partial charge is 0.138 e. The van der Waals surface area contributed by atoms with Crippen molar-refractivity contribution in [3.05, 3.63) is 175 Å². The molecular formula is C47H34N4. The van der Waals surface area contributed by atoms with E-state index in [9.17, 15) is 0 Å². The maximum absolute atomic E-state index is 5.34. The summed E-state index contributed by atoms with van der Waals surface area (Å²) in [5.74, 6) is 0.883. The number of benzene rings is 5. The average Bonchev–Trinajstić information content (AvgIpc) is 3.71. The first-order valence-electron chi connectivity index (χ1n) is 17.7. The van der Waals surface area contributed by atoms with E-state index in [0.29, 0.717) is 0 Å². The predicted octanol–water partition coefficient (Wildman–Crippen LogP) is 12.0. The van der Waals surface area contributed by atoms with Gasteiger partial charge < -0.3 is 4.57 Å². The highest BCUT2D eigenvalue weighted by Gasteiger charge is 2.26. The maximum Gasteiger partial charge on any atom is 0.138 e. The van der Waals surface area contributed by atoms with Gasteiger partial charge in [0.15, 0.2) is 0 Å². The molecule has 0 N–H and O–H groups in total. The number of nitrogens with zero attached hydrogens (tertiary/aromatic N) is 4. The molecule has 242 valence electrons. The van der Waals surface area contributed by atoms with Crippen molar-refractivity contribution in [1.82, 2.24) is 19.1 Å². The summed E-state index contributed by atoms with van der Waals surface area (Å²) in [7, 11) is 0. The molecule has 9 aromatic rings. The van der Waals surface area contributed by atoms with Gasteiger partial charge in [-0.3, -0.25) is 4.57 Å². The van der Waals surface area contributed by atoms with Crippen LogP contribution < -0.4 is 0 Å². The van der Waals surface area contributed by atoms with Gasteiger partial charge in [-0.15, -0.1) is 0 Å². The molecule has 0 fully saturated rings. The first kappa shape index (κ1) is 29.4. The molecule has 4 nitrogen and oxygen atoms in total. The predicted molar refractivity (Wildman–Crippen MR) is 214 cm³/mol. The standard InChI is InChI=1S/C47H34N4/c1-2-3-6-13-31-20-27-42-38(30-31)36-22-23-37-45-35-19-12-11-14-32(35)21-28-43(45)50(34-17-9-5-10-18-34)47(37)46(36)51(42)44-29-26-40-41(49-44)25-24-39(48-40)33-15-7-4-8-16-33/h3-29H,2,30H2,1H3/b6-3-,31-13-. The second-order valence-electron chi connectivity index (χ2n) is 13.3.